The smallest absolute Gasteiger partial charge is 0.332 e. The summed E-state index contributed by atoms with van der Waals surface area (Å²) in [6.45, 7) is 0.203. The molecule has 20 heavy (non-hydrogen) atoms. The summed E-state index contributed by atoms with van der Waals surface area (Å²) < 4.78 is 3.75. The molecule has 0 aliphatic heterocycles. The molecule has 104 valence electrons. The number of hydrogen-bond acceptors (Lipinski definition) is 4. The van der Waals surface area contributed by atoms with Gasteiger partial charge >= 0.3 is 11.9 Å². The third-order valence-corrected chi connectivity index (χ3v) is 3.02. The highest BCUT2D eigenvalue weighted by molar-refractivity contribution is 6.25. The first-order chi connectivity index (χ1) is 9.47. The van der Waals surface area contributed by atoms with Crippen LogP contribution < -0.4 is 11.2 Å². The van der Waals surface area contributed by atoms with E-state index in [9.17, 15) is 14.4 Å². The number of fused-ring (bicyclic) bond motifs is 1. The third-order valence-electron chi connectivity index (χ3n) is 3.02. The van der Waals surface area contributed by atoms with E-state index in [2.05, 4.69) is 9.77 Å². The molecule has 0 aromatic carbocycles. The number of ketones is 1. The normalized spacial score (nSPS) is 10.5. The van der Waals surface area contributed by atoms with Crippen LogP contribution in [0.15, 0.2) is 15.9 Å². The summed E-state index contributed by atoms with van der Waals surface area (Å²) in [4.78, 5) is 41.8. The fraction of sp³-hybridized carbons (Fsp3) is 0.364. The molecular formula is C11H12N6O3. The predicted molar refractivity (Wildman–Crippen MR) is 69.5 cm³/mol. The second kappa shape index (κ2) is 5.06. The molecule has 2 aromatic rings. The Morgan fingerprint density at radius 2 is 2.10 bits per heavy atom. The van der Waals surface area contributed by atoms with Crippen molar-refractivity contribution in [2.24, 2.45) is 14.1 Å². The van der Waals surface area contributed by atoms with Gasteiger partial charge in [-0.15, -0.1) is 0 Å². The van der Waals surface area contributed by atoms with E-state index in [-0.39, 0.29) is 29.9 Å². The first-order valence-corrected chi connectivity index (χ1v) is 5.78. The molecule has 0 saturated heterocycles. The number of Topliss-reactive ketones (excluding diaryl/α,β-unsaturated/α-hetero) is 1. The number of carbonyl (C=O) groups excluding carboxylic acids is 1. The summed E-state index contributed by atoms with van der Waals surface area (Å²) >= 11 is 0. The first-order valence-electron chi connectivity index (χ1n) is 5.78. The van der Waals surface area contributed by atoms with E-state index in [1.807, 2.05) is 0 Å². The van der Waals surface area contributed by atoms with Gasteiger partial charge in [-0.3, -0.25) is 18.7 Å². The molecule has 0 N–H and O–H groups in total. The van der Waals surface area contributed by atoms with Gasteiger partial charge in [-0.05, 0) is 0 Å². The Kier molecular flexibility index (Phi) is 3.45. The van der Waals surface area contributed by atoms with Gasteiger partial charge in [0, 0.05) is 27.1 Å². The molecule has 0 radical (unpaired) electrons. The van der Waals surface area contributed by atoms with E-state index in [0.29, 0.717) is 0 Å². The van der Waals surface area contributed by atoms with Crippen molar-refractivity contribution in [2.75, 3.05) is 0 Å². The zero-order valence-corrected chi connectivity index (χ0v) is 11.0. The van der Waals surface area contributed by atoms with Crippen LogP contribution in [0.5, 0.6) is 0 Å². The van der Waals surface area contributed by atoms with Crippen LogP contribution in [0, 0.1) is 0 Å². The number of carbonyl (C=O) groups is 1. The van der Waals surface area contributed by atoms with Crippen LogP contribution in [0.4, 0.5) is 0 Å². The van der Waals surface area contributed by atoms with E-state index in [4.69, 9.17) is 5.53 Å². The second-order valence-electron chi connectivity index (χ2n) is 4.28. The van der Waals surface area contributed by atoms with Gasteiger partial charge in [0.25, 0.3) is 5.56 Å². The molecule has 0 unspecified atom stereocenters. The number of aryl methyl sites for hydroxylation is 2. The summed E-state index contributed by atoms with van der Waals surface area (Å²) in [5, 5.41) is 0. The van der Waals surface area contributed by atoms with Gasteiger partial charge in [-0.25, -0.2) is 9.78 Å². The van der Waals surface area contributed by atoms with Crippen LogP contribution in [0.2, 0.25) is 0 Å². The van der Waals surface area contributed by atoms with Crippen LogP contribution in [0.25, 0.3) is 16.7 Å². The second-order valence-corrected chi connectivity index (χ2v) is 4.28. The Labute approximate surface area is 112 Å². The van der Waals surface area contributed by atoms with Gasteiger partial charge in [0.1, 0.15) is 0 Å². The molecule has 0 fully saturated rings. The summed E-state index contributed by atoms with van der Waals surface area (Å²) in [6, 6.07) is 0. The Morgan fingerprint density at radius 3 is 2.75 bits per heavy atom. The lowest BCUT2D eigenvalue weighted by Gasteiger charge is -2.05. The number of rotatable bonds is 4. The van der Waals surface area contributed by atoms with Gasteiger partial charge in [0.2, 0.25) is 5.78 Å². The molecule has 9 heteroatoms. The summed E-state index contributed by atoms with van der Waals surface area (Å²) in [5.41, 5.74) is 7.84. The van der Waals surface area contributed by atoms with E-state index >= 15 is 0 Å². The van der Waals surface area contributed by atoms with Crippen LogP contribution in [0.1, 0.15) is 6.42 Å². The van der Waals surface area contributed by atoms with Crippen molar-refractivity contribution in [1.82, 2.24) is 18.7 Å². The van der Waals surface area contributed by atoms with Crippen molar-refractivity contribution in [3.63, 3.8) is 0 Å². The predicted octanol–water partition coefficient (Wildman–Crippen LogP) is -1.31. The SMILES string of the molecule is Cn1c(=O)c2c(ncn2CCC(=O)C=[N+]=[N-])n(C)c1=O. The molecule has 2 heterocycles. The minimum absolute atomic E-state index is 0.0571. The van der Waals surface area contributed by atoms with Gasteiger partial charge in [-0.1, -0.05) is 0 Å². The molecule has 9 nitrogen and oxygen atoms in total. The minimum atomic E-state index is -0.469. The Bertz CT molecular complexity index is 849. The maximum atomic E-state index is 12.1. The van der Waals surface area contributed by atoms with E-state index < -0.39 is 11.2 Å². The van der Waals surface area contributed by atoms with Gasteiger partial charge in [0.05, 0.1) is 6.33 Å². The molecule has 0 atom stereocenters. The van der Waals surface area contributed by atoms with Crippen molar-refractivity contribution in [1.29, 1.82) is 0 Å². The fourth-order valence-electron chi connectivity index (χ4n) is 1.93. The largest absolute Gasteiger partial charge is 0.361 e. The molecule has 0 amide bonds. The number of hydrogen-bond donors (Lipinski definition) is 0. The molecule has 2 aromatic heterocycles. The highest BCUT2D eigenvalue weighted by Crippen LogP contribution is 2.06. The van der Waals surface area contributed by atoms with Crippen LogP contribution >= 0.6 is 0 Å². The van der Waals surface area contributed by atoms with E-state index in [1.54, 1.807) is 0 Å². The Hall–Kier alpha value is -2.80. The summed E-state index contributed by atoms with van der Waals surface area (Å²) in [7, 11) is 2.90. The molecule has 0 saturated carbocycles. The first kappa shape index (κ1) is 13.6. The highest BCUT2D eigenvalue weighted by Gasteiger charge is 2.14. The average Bonchev–Trinajstić information content (AvgIpc) is 2.85. The maximum Gasteiger partial charge on any atom is 0.332 e. The third kappa shape index (κ3) is 2.10. The number of imidazole rings is 1. The lowest BCUT2D eigenvalue weighted by molar-refractivity contribution is -0.116. The number of aromatic nitrogens is 4. The lowest BCUT2D eigenvalue weighted by Crippen LogP contribution is -2.37. The van der Waals surface area contributed by atoms with Crippen molar-refractivity contribution < 1.29 is 9.58 Å². The average molecular weight is 276 g/mol. The molecule has 0 spiro atoms. The fourth-order valence-corrected chi connectivity index (χ4v) is 1.93. The van der Waals surface area contributed by atoms with Crippen LogP contribution in [-0.4, -0.2) is 35.5 Å². The van der Waals surface area contributed by atoms with Gasteiger partial charge in [-0.2, -0.15) is 4.79 Å². The van der Waals surface area contributed by atoms with Gasteiger partial charge < -0.3 is 10.1 Å². The van der Waals surface area contributed by atoms with E-state index in [0.717, 1.165) is 10.8 Å². The Morgan fingerprint density at radius 1 is 1.40 bits per heavy atom. The quantitative estimate of drug-likeness (QED) is 0.391. The summed E-state index contributed by atoms with van der Waals surface area (Å²) in [6.07, 6.45) is 2.25. The standard InChI is InChI=1S/C11H12N6O3/c1-15-9-8(10(19)16(2)11(15)20)17(6-13-9)4-3-7(18)5-14-12/h5-6H,3-4H2,1-2H3. The lowest BCUT2D eigenvalue weighted by atomic mass is 10.3. The zero-order chi connectivity index (χ0) is 14.9. The van der Waals surface area contributed by atoms with E-state index in [1.165, 1.54) is 29.6 Å². The van der Waals surface area contributed by atoms with Gasteiger partial charge in [0.15, 0.2) is 11.2 Å². The van der Waals surface area contributed by atoms with Crippen molar-refractivity contribution >= 4 is 23.2 Å². The topological polar surface area (TPSA) is 115 Å². The zero-order valence-electron chi connectivity index (χ0n) is 11.0. The minimum Gasteiger partial charge on any atom is -0.361 e. The molecule has 0 aliphatic rings. The van der Waals surface area contributed by atoms with Crippen molar-refractivity contribution in [3.05, 3.63) is 32.7 Å². The monoisotopic (exact) mass is 276 g/mol. The molecule has 0 bridgehead atoms. The summed E-state index contributed by atoms with van der Waals surface area (Å²) in [5.74, 6) is -0.379. The number of nitrogens with zero attached hydrogens (tertiary/aromatic N) is 6. The molecule has 2 rings (SSSR count). The molecule has 0 aliphatic carbocycles. The maximum absolute atomic E-state index is 12.1. The van der Waals surface area contributed by atoms with Crippen LogP contribution in [0.3, 0.4) is 0 Å². The Balaban J connectivity index is 2.52. The van der Waals surface area contributed by atoms with Crippen LogP contribution in [-0.2, 0) is 25.4 Å². The highest BCUT2D eigenvalue weighted by atomic mass is 16.2. The van der Waals surface area contributed by atoms with Crippen molar-refractivity contribution in [3.8, 4) is 0 Å². The molecular weight excluding hydrogens is 264 g/mol. The van der Waals surface area contributed by atoms with Crippen molar-refractivity contribution in [2.45, 2.75) is 13.0 Å².